The van der Waals surface area contributed by atoms with Crippen molar-refractivity contribution in [2.24, 2.45) is 0 Å². The molecule has 0 radical (unpaired) electrons. The first-order chi connectivity index (χ1) is 11.2. The van der Waals surface area contributed by atoms with E-state index >= 15 is 0 Å². The Labute approximate surface area is 152 Å². The Morgan fingerprint density at radius 1 is 1.50 bits per heavy atom. The van der Waals surface area contributed by atoms with Crippen molar-refractivity contribution in [3.63, 3.8) is 0 Å². The molecule has 1 fully saturated rings. The zero-order valence-electron chi connectivity index (χ0n) is 13.7. The molecule has 0 unspecified atom stereocenters. The van der Waals surface area contributed by atoms with Crippen molar-refractivity contribution < 1.29 is 13.9 Å². The summed E-state index contributed by atoms with van der Waals surface area (Å²) >= 11 is 2.02. The highest BCUT2D eigenvalue weighted by atomic mass is 127. The maximum absolute atomic E-state index is 14.3. The van der Waals surface area contributed by atoms with Crippen LogP contribution < -0.4 is 5.73 Å². The summed E-state index contributed by atoms with van der Waals surface area (Å²) in [4.78, 5) is 17.7. The van der Waals surface area contributed by atoms with Crippen LogP contribution in [-0.4, -0.2) is 44.4 Å². The average Bonchev–Trinajstić information content (AvgIpc) is 3.06. The lowest BCUT2D eigenvalue weighted by Crippen LogP contribution is -2.35. The molecule has 9 heteroatoms. The number of nitrogens with zero attached hydrogens (tertiary/aromatic N) is 4. The van der Waals surface area contributed by atoms with Gasteiger partial charge in [0.05, 0.1) is 17.6 Å². The zero-order valence-corrected chi connectivity index (χ0v) is 15.9. The van der Waals surface area contributed by atoms with Crippen molar-refractivity contribution in [1.29, 1.82) is 0 Å². The third-order valence-corrected chi connectivity index (χ3v) is 4.58. The summed E-state index contributed by atoms with van der Waals surface area (Å²) in [7, 11) is 0. The smallest absolute Gasteiger partial charge is 0.410 e. The number of amides is 1. The van der Waals surface area contributed by atoms with Crippen LogP contribution in [0.25, 0.3) is 10.9 Å². The van der Waals surface area contributed by atoms with Crippen molar-refractivity contribution in [3.8, 4) is 0 Å². The summed E-state index contributed by atoms with van der Waals surface area (Å²) in [5.41, 5.74) is 5.65. The molecule has 1 amide bonds. The summed E-state index contributed by atoms with van der Waals surface area (Å²) in [6.45, 7) is 6.44. The molecule has 0 saturated carbocycles. The second kappa shape index (κ2) is 6.01. The van der Waals surface area contributed by atoms with Crippen molar-refractivity contribution in [2.45, 2.75) is 38.8 Å². The molecule has 130 valence electrons. The second-order valence-corrected chi connectivity index (χ2v) is 7.84. The molecular formula is C15H19FIN5O2. The standard InChI is InChI=1S/C15H19FIN5O2/c1-15(2,3)24-14(23)21-5-4-8(7-21)22-11-9(16)6-19-13(18)10(11)12(17)20-22/h6,8H,4-5,7H2,1-3H3,(H2,18,19)/t8-/m0/s1. The van der Waals surface area contributed by atoms with Crippen molar-refractivity contribution in [3.05, 3.63) is 15.7 Å². The van der Waals surface area contributed by atoms with Gasteiger partial charge >= 0.3 is 6.09 Å². The maximum atomic E-state index is 14.3. The highest BCUT2D eigenvalue weighted by Gasteiger charge is 2.33. The van der Waals surface area contributed by atoms with Crippen LogP contribution in [0.5, 0.6) is 0 Å². The van der Waals surface area contributed by atoms with Gasteiger partial charge in [-0.2, -0.15) is 5.10 Å². The number of anilines is 1. The van der Waals surface area contributed by atoms with Gasteiger partial charge in [0, 0.05) is 13.1 Å². The van der Waals surface area contributed by atoms with E-state index in [1.165, 1.54) is 0 Å². The van der Waals surface area contributed by atoms with Gasteiger partial charge in [0.15, 0.2) is 5.82 Å². The Balaban J connectivity index is 1.88. The Hall–Kier alpha value is -1.65. The number of fused-ring (bicyclic) bond motifs is 1. The molecule has 3 heterocycles. The van der Waals surface area contributed by atoms with Gasteiger partial charge in [0.25, 0.3) is 0 Å². The summed E-state index contributed by atoms with van der Waals surface area (Å²) < 4.78 is 21.9. The van der Waals surface area contributed by atoms with Crippen LogP contribution in [0.15, 0.2) is 6.20 Å². The fourth-order valence-corrected chi connectivity index (χ4v) is 3.58. The molecule has 0 spiro atoms. The number of likely N-dealkylation sites (tertiary alicyclic amines) is 1. The van der Waals surface area contributed by atoms with Crippen LogP contribution >= 0.6 is 22.6 Å². The van der Waals surface area contributed by atoms with E-state index in [0.717, 1.165) is 6.20 Å². The van der Waals surface area contributed by atoms with E-state index in [4.69, 9.17) is 10.5 Å². The van der Waals surface area contributed by atoms with Crippen molar-refractivity contribution in [1.82, 2.24) is 19.7 Å². The Morgan fingerprint density at radius 2 is 2.21 bits per heavy atom. The fraction of sp³-hybridized carbons (Fsp3) is 0.533. The molecule has 0 aliphatic carbocycles. The normalized spacial score (nSPS) is 18.4. The van der Waals surface area contributed by atoms with Crippen LogP contribution in [0, 0.1) is 9.52 Å². The lowest BCUT2D eigenvalue weighted by Gasteiger charge is -2.24. The van der Waals surface area contributed by atoms with E-state index in [2.05, 4.69) is 10.1 Å². The van der Waals surface area contributed by atoms with Gasteiger partial charge in [-0.1, -0.05) is 0 Å². The molecule has 2 N–H and O–H groups in total. The van der Waals surface area contributed by atoms with Gasteiger partial charge in [-0.15, -0.1) is 0 Å². The predicted octanol–water partition coefficient (Wildman–Crippen LogP) is 2.94. The topological polar surface area (TPSA) is 86.3 Å². The third-order valence-electron chi connectivity index (χ3n) is 3.83. The lowest BCUT2D eigenvalue weighted by atomic mass is 10.2. The minimum absolute atomic E-state index is 0.125. The van der Waals surface area contributed by atoms with Gasteiger partial charge in [-0.25, -0.2) is 14.2 Å². The first-order valence-corrected chi connectivity index (χ1v) is 8.71. The van der Waals surface area contributed by atoms with Crippen LogP contribution in [0.3, 0.4) is 0 Å². The van der Waals surface area contributed by atoms with Gasteiger partial charge < -0.3 is 15.4 Å². The van der Waals surface area contributed by atoms with Gasteiger partial charge in [-0.05, 0) is 49.8 Å². The SMILES string of the molecule is CC(C)(C)OC(=O)N1CC[C@H](n2nc(I)c3c(N)ncc(F)c32)C1. The number of carbonyl (C=O) groups excluding carboxylic acids is 1. The van der Waals surface area contributed by atoms with Gasteiger partial charge in [-0.3, -0.25) is 4.68 Å². The quantitative estimate of drug-likeness (QED) is 0.680. The molecule has 0 aromatic carbocycles. The van der Waals surface area contributed by atoms with E-state index in [1.807, 2.05) is 43.4 Å². The number of halogens is 2. The maximum Gasteiger partial charge on any atom is 0.410 e. The van der Waals surface area contributed by atoms with E-state index in [0.29, 0.717) is 34.1 Å². The molecule has 1 saturated heterocycles. The number of ether oxygens (including phenoxy) is 1. The molecule has 2 aromatic rings. The summed E-state index contributed by atoms with van der Waals surface area (Å²) in [6, 6.07) is -0.125. The lowest BCUT2D eigenvalue weighted by molar-refractivity contribution is 0.0288. The zero-order chi connectivity index (χ0) is 17.6. The number of nitrogen functional groups attached to an aromatic ring is 1. The van der Waals surface area contributed by atoms with Gasteiger partial charge in [0.2, 0.25) is 0 Å². The Morgan fingerprint density at radius 3 is 2.88 bits per heavy atom. The van der Waals surface area contributed by atoms with E-state index in [9.17, 15) is 9.18 Å². The van der Waals surface area contributed by atoms with E-state index in [1.54, 1.807) is 9.58 Å². The van der Waals surface area contributed by atoms with Crippen LogP contribution in [0.1, 0.15) is 33.2 Å². The van der Waals surface area contributed by atoms with Crippen molar-refractivity contribution >= 4 is 45.4 Å². The number of aromatic nitrogens is 3. The largest absolute Gasteiger partial charge is 0.444 e. The van der Waals surface area contributed by atoms with Crippen LogP contribution in [0.2, 0.25) is 0 Å². The van der Waals surface area contributed by atoms with Gasteiger partial charge in [0.1, 0.15) is 20.6 Å². The minimum Gasteiger partial charge on any atom is -0.444 e. The number of hydrogen-bond acceptors (Lipinski definition) is 5. The highest BCUT2D eigenvalue weighted by Crippen LogP contribution is 2.32. The average molecular weight is 447 g/mol. The monoisotopic (exact) mass is 447 g/mol. The minimum atomic E-state index is -0.546. The number of nitrogens with two attached hydrogens (primary N) is 1. The van der Waals surface area contributed by atoms with E-state index < -0.39 is 11.4 Å². The fourth-order valence-electron chi connectivity index (χ4n) is 2.81. The van der Waals surface area contributed by atoms with Crippen LogP contribution in [-0.2, 0) is 4.74 Å². The molecule has 3 rings (SSSR count). The summed E-state index contributed by atoms with van der Waals surface area (Å²) in [5.74, 6) is -0.214. The number of carbonyl (C=O) groups is 1. The number of hydrogen-bond donors (Lipinski definition) is 1. The molecule has 0 bridgehead atoms. The van der Waals surface area contributed by atoms with E-state index in [-0.39, 0.29) is 18.0 Å². The highest BCUT2D eigenvalue weighted by molar-refractivity contribution is 14.1. The molecular weight excluding hydrogens is 428 g/mol. The molecule has 1 atom stereocenters. The first kappa shape index (κ1) is 17.2. The number of pyridine rings is 1. The molecule has 1 aliphatic heterocycles. The molecule has 2 aromatic heterocycles. The molecule has 1 aliphatic rings. The summed E-state index contributed by atoms with van der Waals surface area (Å²) in [6.07, 6.45) is 1.41. The number of rotatable bonds is 1. The van der Waals surface area contributed by atoms with Crippen molar-refractivity contribution in [2.75, 3.05) is 18.8 Å². The summed E-state index contributed by atoms with van der Waals surface area (Å²) in [5, 5.41) is 4.95. The van der Waals surface area contributed by atoms with Crippen LogP contribution in [0.4, 0.5) is 15.0 Å². The second-order valence-electron chi connectivity index (χ2n) is 6.82. The molecule has 7 nitrogen and oxygen atoms in total. The molecule has 24 heavy (non-hydrogen) atoms. The third kappa shape index (κ3) is 3.13. The first-order valence-electron chi connectivity index (χ1n) is 7.63. The Kier molecular flexibility index (Phi) is 4.30. The Bertz CT molecular complexity index is 801. The predicted molar refractivity (Wildman–Crippen MR) is 96.1 cm³/mol.